The summed E-state index contributed by atoms with van der Waals surface area (Å²) in [6, 6.07) is 7.42. The fraction of sp³-hybridized carbons (Fsp3) is 0.333. The van der Waals surface area contributed by atoms with Crippen molar-refractivity contribution < 1.29 is 9.84 Å². The van der Waals surface area contributed by atoms with Crippen molar-refractivity contribution in [3.8, 4) is 17.0 Å². The number of aromatic hydroxyl groups is 1. The monoisotopic (exact) mass is 272 g/mol. The Morgan fingerprint density at radius 2 is 2.20 bits per heavy atom. The summed E-state index contributed by atoms with van der Waals surface area (Å²) in [7, 11) is 0. The fourth-order valence-corrected chi connectivity index (χ4v) is 2.52. The van der Waals surface area contributed by atoms with Crippen molar-refractivity contribution in [1.82, 2.24) is 9.97 Å². The van der Waals surface area contributed by atoms with E-state index in [9.17, 15) is 9.90 Å². The van der Waals surface area contributed by atoms with Crippen molar-refractivity contribution in [2.24, 2.45) is 0 Å². The van der Waals surface area contributed by atoms with E-state index in [1.165, 1.54) is 0 Å². The zero-order chi connectivity index (χ0) is 14.1. The van der Waals surface area contributed by atoms with Gasteiger partial charge in [0.05, 0.1) is 6.61 Å². The molecule has 1 unspecified atom stereocenters. The number of aromatic amines is 1. The molecule has 2 N–H and O–H groups in total. The van der Waals surface area contributed by atoms with Crippen LogP contribution in [0.1, 0.15) is 23.7 Å². The first-order valence-corrected chi connectivity index (χ1v) is 6.63. The zero-order valence-electron chi connectivity index (χ0n) is 11.2. The predicted octanol–water partition coefficient (Wildman–Crippen LogP) is 1.95. The van der Waals surface area contributed by atoms with Crippen molar-refractivity contribution in [2.75, 3.05) is 13.2 Å². The summed E-state index contributed by atoms with van der Waals surface area (Å²) in [6.07, 6.45) is 0.812. The van der Waals surface area contributed by atoms with E-state index >= 15 is 0 Å². The van der Waals surface area contributed by atoms with E-state index < -0.39 is 0 Å². The van der Waals surface area contributed by atoms with Gasteiger partial charge in [-0.15, -0.1) is 0 Å². The maximum absolute atomic E-state index is 12.3. The van der Waals surface area contributed by atoms with Gasteiger partial charge in [-0.2, -0.15) is 4.98 Å². The van der Waals surface area contributed by atoms with Gasteiger partial charge in [-0.1, -0.05) is 24.3 Å². The van der Waals surface area contributed by atoms with Crippen LogP contribution < -0.4 is 5.56 Å². The fourth-order valence-electron chi connectivity index (χ4n) is 2.52. The lowest BCUT2D eigenvalue weighted by atomic mass is 10.0. The van der Waals surface area contributed by atoms with Crippen LogP contribution in [-0.4, -0.2) is 28.3 Å². The number of H-pyrrole nitrogens is 1. The van der Waals surface area contributed by atoms with E-state index in [4.69, 9.17) is 4.74 Å². The highest BCUT2D eigenvalue weighted by atomic mass is 16.5. The Morgan fingerprint density at radius 3 is 2.85 bits per heavy atom. The number of rotatable bonds is 2. The van der Waals surface area contributed by atoms with Crippen molar-refractivity contribution in [3.63, 3.8) is 0 Å². The molecule has 0 bridgehead atoms. The van der Waals surface area contributed by atoms with E-state index in [1.54, 1.807) is 6.07 Å². The Bertz CT molecular complexity index is 688. The number of hydrogen-bond donors (Lipinski definition) is 2. The largest absolute Gasteiger partial charge is 0.493 e. The molecule has 3 rings (SSSR count). The molecule has 5 nitrogen and oxygen atoms in total. The highest BCUT2D eigenvalue weighted by Gasteiger charge is 2.23. The van der Waals surface area contributed by atoms with Gasteiger partial charge >= 0.3 is 0 Å². The van der Waals surface area contributed by atoms with Crippen molar-refractivity contribution in [1.29, 1.82) is 0 Å². The number of ether oxygens (including phenoxy) is 1. The molecular formula is C15H16N2O3. The lowest BCUT2D eigenvalue weighted by Crippen LogP contribution is -2.17. The average Bonchev–Trinajstić information content (AvgIpc) is 2.94. The highest BCUT2D eigenvalue weighted by molar-refractivity contribution is 5.70. The normalized spacial score (nSPS) is 18.4. The van der Waals surface area contributed by atoms with Crippen LogP contribution in [0.3, 0.4) is 0 Å². The summed E-state index contributed by atoms with van der Waals surface area (Å²) in [5.41, 5.74) is 1.54. The molecule has 1 aromatic heterocycles. The van der Waals surface area contributed by atoms with Crippen molar-refractivity contribution in [2.45, 2.75) is 19.3 Å². The number of nitrogens with one attached hydrogen (secondary N) is 1. The first-order valence-electron chi connectivity index (χ1n) is 6.63. The van der Waals surface area contributed by atoms with E-state index in [0.29, 0.717) is 24.6 Å². The lowest BCUT2D eigenvalue weighted by molar-refractivity contribution is 0.193. The Hall–Kier alpha value is -2.14. The molecule has 1 aliphatic rings. The van der Waals surface area contributed by atoms with Crippen LogP contribution in [0.2, 0.25) is 0 Å². The second-order valence-electron chi connectivity index (χ2n) is 5.03. The molecule has 1 saturated heterocycles. The summed E-state index contributed by atoms with van der Waals surface area (Å²) in [4.78, 5) is 19.2. The van der Waals surface area contributed by atoms with Gasteiger partial charge in [-0.05, 0) is 24.5 Å². The quantitative estimate of drug-likeness (QED) is 0.876. The van der Waals surface area contributed by atoms with E-state index in [1.807, 2.05) is 25.1 Å². The maximum Gasteiger partial charge on any atom is 0.262 e. The first kappa shape index (κ1) is 12.9. The molecule has 1 fully saturated rings. The summed E-state index contributed by atoms with van der Waals surface area (Å²) in [6.45, 7) is 3.09. The van der Waals surface area contributed by atoms with Gasteiger partial charge in [0, 0.05) is 12.5 Å². The van der Waals surface area contributed by atoms with Gasteiger partial charge < -0.3 is 14.8 Å². The van der Waals surface area contributed by atoms with Gasteiger partial charge in [0.15, 0.2) is 0 Å². The van der Waals surface area contributed by atoms with Crippen LogP contribution >= 0.6 is 0 Å². The number of nitrogens with zero attached hydrogens (tertiary/aromatic N) is 1. The summed E-state index contributed by atoms with van der Waals surface area (Å²) in [5.74, 6) is 0.340. The molecule has 1 atom stereocenters. The maximum atomic E-state index is 12.3. The minimum absolute atomic E-state index is 0.0551. The molecule has 1 aliphatic heterocycles. The molecule has 5 heteroatoms. The molecule has 1 aromatic carbocycles. The van der Waals surface area contributed by atoms with Gasteiger partial charge in [-0.25, -0.2) is 0 Å². The second kappa shape index (κ2) is 5.09. The van der Waals surface area contributed by atoms with Crippen molar-refractivity contribution in [3.05, 3.63) is 46.0 Å². The Labute approximate surface area is 116 Å². The molecule has 0 saturated carbocycles. The van der Waals surface area contributed by atoms with Crippen LogP contribution in [0.5, 0.6) is 5.88 Å². The van der Waals surface area contributed by atoms with Gasteiger partial charge in [0.1, 0.15) is 11.4 Å². The Kier molecular flexibility index (Phi) is 3.28. The topological polar surface area (TPSA) is 75.2 Å². The molecule has 2 heterocycles. The number of aromatic nitrogens is 2. The third-order valence-electron chi connectivity index (χ3n) is 3.65. The molecule has 20 heavy (non-hydrogen) atoms. The predicted molar refractivity (Wildman–Crippen MR) is 74.9 cm³/mol. The third-order valence-corrected chi connectivity index (χ3v) is 3.65. The summed E-state index contributed by atoms with van der Waals surface area (Å²) < 4.78 is 5.28. The average molecular weight is 272 g/mol. The first-order chi connectivity index (χ1) is 9.66. The minimum Gasteiger partial charge on any atom is -0.493 e. The van der Waals surface area contributed by atoms with E-state index in [0.717, 1.165) is 12.0 Å². The van der Waals surface area contributed by atoms with Gasteiger partial charge in [0.25, 0.3) is 5.56 Å². The van der Waals surface area contributed by atoms with E-state index in [-0.39, 0.29) is 22.9 Å². The summed E-state index contributed by atoms with van der Waals surface area (Å²) in [5, 5.41) is 10.1. The van der Waals surface area contributed by atoms with Crippen LogP contribution in [0.15, 0.2) is 29.1 Å². The van der Waals surface area contributed by atoms with Crippen LogP contribution in [-0.2, 0) is 4.74 Å². The highest BCUT2D eigenvalue weighted by Crippen LogP contribution is 2.29. The smallest absolute Gasteiger partial charge is 0.262 e. The standard InChI is InChI=1S/C15H16N2O3/c1-9-4-2-3-5-11(9)12-14(18)16-13(17-15(12)19)10-6-7-20-8-10/h2-5,10H,6-8H2,1H3,(H2,16,17,18,19). The third kappa shape index (κ3) is 2.20. The van der Waals surface area contributed by atoms with Gasteiger partial charge in [-0.3, -0.25) is 4.79 Å². The zero-order valence-corrected chi connectivity index (χ0v) is 11.2. The number of hydrogen-bond acceptors (Lipinski definition) is 4. The molecule has 0 aliphatic carbocycles. The van der Waals surface area contributed by atoms with E-state index in [2.05, 4.69) is 9.97 Å². The van der Waals surface area contributed by atoms with Gasteiger partial charge in [0.2, 0.25) is 5.88 Å². The van der Waals surface area contributed by atoms with Crippen LogP contribution in [0, 0.1) is 6.92 Å². The molecular weight excluding hydrogens is 256 g/mol. The molecule has 0 amide bonds. The summed E-state index contributed by atoms with van der Waals surface area (Å²) >= 11 is 0. The van der Waals surface area contributed by atoms with Crippen LogP contribution in [0.25, 0.3) is 11.1 Å². The number of benzene rings is 1. The van der Waals surface area contributed by atoms with Crippen LogP contribution in [0.4, 0.5) is 0 Å². The molecule has 0 radical (unpaired) electrons. The second-order valence-corrected chi connectivity index (χ2v) is 5.03. The number of aryl methyl sites for hydroxylation is 1. The Morgan fingerprint density at radius 1 is 1.40 bits per heavy atom. The molecule has 104 valence electrons. The molecule has 0 spiro atoms. The SMILES string of the molecule is Cc1ccccc1-c1c(O)nc(C2CCOC2)[nH]c1=O. The molecule has 2 aromatic rings. The minimum atomic E-state index is -0.311. The lowest BCUT2D eigenvalue weighted by Gasteiger charge is -2.11. The Balaban J connectivity index is 2.10. The van der Waals surface area contributed by atoms with Crippen molar-refractivity contribution >= 4 is 0 Å².